The minimum atomic E-state index is -1.12. The Morgan fingerprint density at radius 3 is 2.32 bits per heavy atom. The van der Waals surface area contributed by atoms with Gasteiger partial charge in [-0.25, -0.2) is 4.98 Å². The van der Waals surface area contributed by atoms with Gasteiger partial charge < -0.3 is 10.2 Å². The fourth-order valence-electron chi connectivity index (χ4n) is 1.01. The van der Waals surface area contributed by atoms with Gasteiger partial charge in [0.15, 0.2) is 5.03 Å². The number of hydrogen-bond acceptors (Lipinski definition) is 7. The van der Waals surface area contributed by atoms with Crippen LogP contribution in [0.15, 0.2) is 22.2 Å². The normalized spacial score (nSPS) is 10.1. The second-order valence-corrected chi connectivity index (χ2v) is 5.06. The fourth-order valence-corrected chi connectivity index (χ4v) is 2.37. The molecule has 19 heavy (non-hydrogen) atoms. The van der Waals surface area contributed by atoms with Crippen LogP contribution >= 0.6 is 23.5 Å². The second-order valence-electron chi connectivity index (χ2n) is 3.10. The number of nitro groups is 1. The van der Waals surface area contributed by atoms with Crippen molar-refractivity contribution in [3.8, 4) is 0 Å². The van der Waals surface area contributed by atoms with Crippen molar-refractivity contribution in [3.63, 3.8) is 0 Å². The lowest BCUT2D eigenvalue weighted by Gasteiger charge is -2.03. The third kappa shape index (κ3) is 5.14. The number of hydrogen-bond donors (Lipinski definition) is 2. The molecule has 0 spiro atoms. The largest absolute Gasteiger partial charge is 0.481 e. The van der Waals surface area contributed by atoms with Crippen molar-refractivity contribution in [1.29, 1.82) is 0 Å². The number of thioether (sulfide) groups is 2. The Kier molecular flexibility index (Phi) is 5.57. The molecule has 0 fully saturated rings. The van der Waals surface area contributed by atoms with Crippen molar-refractivity contribution in [2.75, 3.05) is 11.5 Å². The maximum Gasteiger partial charge on any atom is 0.313 e. The van der Waals surface area contributed by atoms with Crippen molar-refractivity contribution < 1.29 is 24.7 Å². The van der Waals surface area contributed by atoms with Crippen molar-refractivity contribution in [2.24, 2.45) is 0 Å². The molecule has 1 aromatic heterocycles. The molecule has 0 amide bonds. The van der Waals surface area contributed by atoms with E-state index in [1.807, 2.05) is 0 Å². The molecule has 10 heteroatoms. The van der Waals surface area contributed by atoms with Gasteiger partial charge in [-0.15, -0.1) is 0 Å². The van der Waals surface area contributed by atoms with E-state index in [1.54, 1.807) is 0 Å². The number of carbonyl (C=O) groups is 2. The van der Waals surface area contributed by atoms with Gasteiger partial charge in [-0.1, -0.05) is 23.5 Å². The molecule has 0 atom stereocenters. The van der Waals surface area contributed by atoms with Crippen LogP contribution in [-0.2, 0) is 9.59 Å². The highest BCUT2D eigenvalue weighted by atomic mass is 32.2. The molecular formula is C9H8N2O6S2. The molecule has 0 aromatic carbocycles. The van der Waals surface area contributed by atoms with Crippen LogP contribution in [0.25, 0.3) is 0 Å². The van der Waals surface area contributed by atoms with Crippen LogP contribution in [0.1, 0.15) is 0 Å². The highest BCUT2D eigenvalue weighted by Crippen LogP contribution is 2.29. The first-order chi connectivity index (χ1) is 8.90. The molecule has 0 saturated heterocycles. The molecule has 0 bridgehead atoms. The quantitative estimate of drug-likeness (QED) is 0.435. The van der Waals surface area contributed by atoms with E-state index < -0.39 is 16.9 Å². The maximum absolute atomic E-state index is 10.7. The summed E-state index contributed by atoms with van der Waals surface area (Å²) in [5.41, 5.74) is -0.300. The number of carboxylic acid groups (broad SMARTS) is 2. The molecule has 102 valence electrons. The second kappa shape index (κ2) is 6.95. The van der Waals surface area contributed by atoms with E-state index in [0.717, 1.165) is 23.5 Å². The lowest BCUT2D eigenvalue weighted by Crippen LogP contribution is -2.02. The summed E-state index contributed by atoms with van der Waals surface area (Å²) in [6.07, 6.45) is 0. The number of pyridine rings is 1. The van der Waals surface area contributed by atoms with Gasteiger partial charge in [0.1, 0.15) is 0 Å². The molecule has 0 radical (unpaired) electrons. The van der Waals surface area contributed by atoms with Gasteiger partial charge in [0.25, 0.3) is 0 Å². The Morgan fingerprint density at radius 1 is 1.21 bits per heavy atom. The number of aromatic nitrogens is 1. The molecule has 1 rings (SSSR count). The van der Waals surface area contributed by atoms with Crippen molar-refractivity contribution in [1.82, 2.24) is 4.98 Å². The van der Waals surface area contributed by atoms with E-state index >= 15 is 0 Å². The Labute approximate surface area is 115 Å². The Hall–Kier alpha value is -1.81. The average molecular weight is 304 g/mol. The molecule has 1 heterocycles. The number of aliphatic carboxylic acids is 2. The number of rotatable bonds is 7. The van der Waals surface area contributed by atoms with Gasteiger partial charge in [0.2, 0.25) is 0 Å². The molecule has 0 aliphatic heterocycles. The van der Waals surface area contributed by atoms with Crippen LogP contribution < -0.4 is 0 Å². The fraction of sp³-hybridized carbons (Fsp3) is 0.222. The zero-order valence-corrected chi connectivity index (χ0v) is 10.9. The van der Waals surface area contributed by atoms with Gasteiger partial charge in [0.05, 0.1) is 21.5 Å². The minimum absolute atomic E-state index is 0.0391. The van der Waals surface area contributed by atoms with E-state index in [0.29, 0.717) is 5.03 Å². The lowest BCUT2D eigenvalue weighted by molar-refractivity contribution is -0.388. The third-order valence-corrected chi connectivity index (χ3v) is 3.57. The average Bonchev–Trinajstić information content (AvgIpc) is 2.33. The summed E-state index contributed by atoms with van der Waals surface area (Å²) >= 11 is 1.62. The Morgan fingerprint density at radius 2 is 1.79 bits per heavy atom. The molecule has 0 unspecified atom stereocenters. The standard InChI is InChI=1S/C9H8N2O6S2/c12-7(13)3-18-6-2-1-5(11(16)17)9(10-6)19-4-8(14)15/h1-2H,3-4H2,(H,12,13)(H,14,15). The zero-order chi connectivity index (χ0) is 14.4. The molecule has 2 N–H and O–H groups in total. The van der Waals surface area contributed by atoms with Crippen molar-refractivity contribution in [2.45, 2.75) is 10.1 Å². The predicted octanol–water partition coefficient (Wildman–Crippen LogP) is 1.34. The van der Waals surface area contributed by atoms with Crippen LogP contribution in [0.4, 0.5) is 5.69 Å². The highest BCUT2D eigenvalue weighted by Gasteiger charge is 2.18. The predicted molar refractivity (Wildman–Crippen MR) is 67.6 cm³/mol. The van der Waals surface area contributed by atoms with Crippen molar-refractivity contribution >= 4 is 41.1 Å². The molecule has 0 aliphatic rings. The van der Waals surface area contributed by atoms with E-state index in [-0.39, 0.29) is 22.2 Å². The summed E-state index contributed by atoms with van der Waals surface area (Å²) < 4.78 is 0. The SMILES string of the molecule is O=C(O)CSc1ccc([N+](=O)[O-])c(SCC(=O)O)n1. The molecular weight excluding hydrogens is 296 g/mol. The monoisotopic (exact) mass is 304 g/mol. The highest BCUT2D eigenvalue weighted by molar-refractivity contribution is 8.00. The van der Waals surface area contributed by atoms with Crippen molar-refractivity contribution in [3.05, 3.63) is 22.2 Å². The summed E-state index contributed by atoms with van der Waals surface area (Å²) in [6.45, 7) is 0. The van der Waals surface area contributed by atoms with Gasteiger partial charge in [-0.2, -0.15) is 0 Å². The first-order valence-corrected chi connectivity index (χ1v) is 6.72. The summed E-state index contributed by atoms with van der Waals surface area (Å²) in [6, 6.07) is 2.51. The first-order valence-electron chi connectivity index (χ1n) is 4.74. The maximum atomic E-state index is 10.7. The zero-order valence-electron chi connectivity index (χ0n) is 9.31. The first kappa shape index (κ1) is 15.2. The lowest BCUT2D eigenvalue weighted by atomic mass is 10.4. The van der Waals surface area contributed by atoms with E-state index in [2.05, 4.69) is 4.98 Å². The summed E-state index contributed by atoms with van der Waals surface area (Å²) in [5.74, 6) is -2.75. The molecule has 0 aliphatic carbocycles. The summed E-state index contributed by atoms with van der Waals surface area (Å²) in [5, 5.41) is 28.1. The van der Waals surface area contributed by atoms with Crippen LogP contribution in [-0.4, -0.2) is 43.6 Å². The van der Waals surface area contributed by atoms with Crippen LogP contribution in [0, 0.1) is 10.1 Å². The van der Waals surface area contributed by atoms with Gasteiger partial charge >= 0.3 is 17.6 Å². The summed E-state index contributed by atoms with van der Waals surface area (Å²) in [4.78, 5) is 34.8. The Balaban J connectivity index is 2.93. The van der Waals surface area contributed by atoms with E-state index in [9.17, 15) is 19.7 Å². The smallest absolute Gasteiger partial charge is 0.313 e. The van der Waals surface area contributed by atoms with Gasteiger partial charge in [-0.3, -0.25) is 19.7 Å². The van der Waals surface area contributed by atoms with Crippen LogP contribution in [0.5, 0.6) is 0 Å². The van der Waals surface area contributed by atoms with E-state index in [4.69, 9.17) is 10.2 Å². The van der Waals surface area contributed by atoms with Gasteiger partial charge in [0, 0.05) is 6.07 Å². The molecule has 0 saturated carbocycles. The third-order valence-electron chi connectivity index (χ3n) is 1.69. The number of carboxylic acids is 2. The Bertz CT molecular complexity index is 521. The molecule has 8 nitrogen and oxygen atoms in total. The van der Waals surface area contributed by atoms with Gasteiger partial charge in [-0.05, 0) is 6.07 Å². The number of nitrogens with zero attached hydrogens (tertiary/aromatic N) is 2. The molecule has 1 aromatic rings. The topological polar surface area (TPSA) is 131 Å². The van der Waals surface area contributed by atoms with E-state index in [1.165, 1.54) is 12.1 Å². The van der Waals surface area contributed by atoms with Crippen LogP contribution in [0.2, 0.25) is 0 Å². The summed E-state index contributed by atoms with van der Waals surface area (Å²) in [7, 11) is 0. The van der Waals surface area contributed by atoms with Crippen LogP contribution in [0.3, 0.4) is 0 Å². The minimum Gasteiger partial charge on any atom is -0.481 e.